The molecule has 0 aliphatic heterocycles. The van der Waals surface area contributed by atoms with Crippen LogP contribution in [0.4, 0.5) is 5.69 Å². The van der Waals surface area contributed by atoms with Gasteiger partial charge >= 0.3 is 11.8 Å². The molecular formula is C22H31N3O4. The Morgan fingerprint density at radius 2 is 1.79 bits per heavy atom. The Bertz CT molecular complexity index is 788. The van der Waals surface area contributed by atoms with Crippen molar-refractivity contribution in [3.05, 3.63) is 69.0 Å². The van der Waals surface area contributed by atoms with Crippen LogP contribution in [0, 0.1) is 15.3 Å². The summed E-state index contributed by atoms with van der Waals surface area (Å²) in [5.74, 6) is 0. The predicted molar refractivity (Wildman–Crippen MR) is 112 cm³/mol. The number of azo groups is 1. The maximum absolute atomic E-state index is 12.7. The Kier molecular flexibility index (Phi) is 8.51. The van der Waals surface area contributed by atoms with Gasteiger partial charge in [0.05, 0.1) is 4.92 Å². The first kappa shape index (κ1) is 22.7. The quantitative estimate of drug-likeness (QED) is 0.133. The summed E-state index contributed by atoms with van der Waals surface area (Å²) >= 11 is 0. The van der Waals surface area contributed by atoms with Gasteiger partial charge in [-0.15, -0.1) is 0 Å². The molecule has 7 heteroatoms. The van der Waals surface area contributed by atoms with Crippen LogP contribution in [0.5, 0.6) is 0 Å². The molecule has 7 nitrogen and oxygen atoms in total. The number of nitrogens with zero attached hydrogens (tertiary/aromatic N) is 3. The summed E-state index contributed by atoms with van der Waals surface area (Å²) in [6.45, 7) is 4.17. The number of benzene rings is 1. The minimum Gasteiger partial charge on any atom is -0.599 e. The number of hydroxylamine groups is 1. The fourth-order valence-electron chi connectivity index (χ4n) is 3.54. The van der Waals surface area contributed by atoms with Crippen molar-refractivity contribution in [1.29, 1.82) is 0 Å². The van der Waals surface area contributed by atoms with Gasteiger partial charge in [-0.1, -0.05) is 68.7 Å². The summed E-state index contributed by atoms with van der Waals surface area (Å²) in [5, 5.41) is 39.4. The van der Waals surface area contributed by atoms with E-state index < -0.39 is 16.7 Å². The average Bonchev–Trinajstić information content (AvgIpc) is 2.69. The third-order valence-corrected chi connectivity index (χ3v) is 5.24. The second kappa shape index (κ2) is 10.9. The lowest BCUT2D eigenvalue weighted by Crippen LogP contribution is -2.54. The maximum atomic E-state index is 12.7. The molecule has 2 rings (SSSR count). The molecule has 2 unspecified atom stereocenters. The molecule has 0 saturated heterocycles. The molecule has 158 valence electrons. The Balaban J connectivity index is 2.25. The van der Waals surface area contributed by atoms with E-state index in [2.05, 4.69) is 12.0 Å². The van der Waals surface area contributed by atoms with Gasteiger partial charge < -0.3 is 10.3 Å². The van der Waals surface area contributed by atoms with Crippen LogP contribution in [0.3, 0.4) is 0 Å². The zero-order valence-electron chi connectivity index (χ0n) is 17.3. The van der Waals surface area contributed by atoms with Crippen LogP contribution in [0.15, 0.2) is 53.2 Å². The molecular weight excluding hydrogens is 370 g/mol. The lowest BCUT2D eigenvalue weighted by molar-refractivity contribution is -0.690. The molecule has 0 aromatic heterocycles. The van der Waals surface area contributed by atoms with Gasteiger partial charge in [0, 0.05) is 10.7 Å². The van der Waals surface area contributed by atoms with Crippen LogP contribution in [-0.2, 0) is 6.42 Å². The highest BCUT2D eigenvalue weighted by Gasteiger charge is 2.58. The highest BCUT2D eigenvalue weighted by Crippen LogP contribution is 2.33. The van der Waals surface area contributed by atoms with Crippen LogP contribution in [0.1, 0.15) is 64.4 Å². The molecule has 0 fully saturated rings. The van der Waals surface area contributed by atoms with Gasteiger partial charge in [-0.3, -0.25) is 10.1 Å². The molecule has 29 heavy (non-hydrogen) atoms. The van der Waals surface area contributed by atoms with Crippen molar-refractivity contribution in [1.82, 2.24) is 0 Å². The zero-order valence-corrected chi connectivity index (χ0v) is 17.3. The molecule has 1 aliphatic carbocycles. The minimum absolute atomic E-state index is 0.243. The van der Waals surface area contributed by atoms with E-state index in [-0.39, 0.29) is 10.4 Å². The second-order valence-corrected chi connectivity index (χ2v) is 7.49. The van der Waals surface area contributed by atoms with Crippen molar-refractivity contribution in [3.8, 4) is 0 Å². The molecule has 0 bridgehead atoms. The minimum atomic E-state index is -2.48. The number of rotatable bonds is 11. The van der Waals surface area contributed by atoms with Crippen molar-refractivity contribution < 1.29 is 14.9 Å². The molecule has 0 heterocycles. The first-order valence-corrected chi connectivity index (χ1v) is 10.4. The van der Waals surface area contributed by atoms with Crippen LogP contribution in [0.2, 0.25) is 0 Å². The molecule has 1 N–H and O–H groups in total. The Morgan fingerprint density at radius 1 is 1.10 bits per heavy atom. The number of nitro groups is 1. The van der Waals surface area contributed by atoms with Crippen molar-refractivity contribution >= 4 is 5.69 Å². The number of allylic oxidation sites excluding steroid dienone is 2. The van der Waals surface area contributed by atoms with E-state index in [1.54, 1.807) is 12.1 Å². The first-order valence-electron chi connectivity index (χ1n) is 10.4. The topological polar surface area (TPSA) is 102 Å². The summed E-state index contributed by atoms with van der Waals surface area (Å²) in [6.07, 6.45) is 11.6. The van der Waals surface area contributed by atoms with Gasteiger partial charge in [-0.25, -0.2) is 0 Å². The first-order chi connectivity index (χ1) is 13.9. The van der Waals surface area contributed by atoms with Crippen LogP contribution >= 0.6 is 0 Å². The maximum Gasteiger partial charge on any atom is 0.414 e. The van der Waals surface area contributed by atoms with Crippen LogP contribution in [0.25, 0.3) is 0 Å². The highest BCUT2D eigenvalue weighted by molar-refractivity contribution is 5.39. The monoisotopic (exact) mass is 401 g/mol. The molecule has 1 aromatic carbocycles. The van der Waals surface area contributed by atoms with Crippen LogP contribution < -0.4 is 0 Å². The number of aliphatic hydroxyl groups is 1. The standard InChI is InChI=1S/C22H31N3O4/c1-3-5-7-11-18-12-9-15-20(17-18)23-24(27)21-16-10-14-19(13-8-6-4-2)22(21,26)25(28)29/h9-10,12,14-17,21,26H,3-8,11,13H2,1-2H3. The highest BCUT2D eigenvalue weighted by atomic mass is 16.7. The average molecular weight is 402 g/mol. The number of aryl methyl sites for hydroxylation is 1. The number of hydrogen-bond donors (Lipinski definition) is 1. The van der Waals surface area contributed by atoms with Gasteiger partial charge in [0.15, 0.2) is 0 Å². The van der Waals surface area contributed by atoms with E-state index in [0.29, 0.717) is 12.1 Å². The fraction of sp³-hybridized carbons (Fsp3) is 0.545. The van der Waals surface area contributed by atoms with Crippen molar-refractivity contribution in [3.63, 3.8) is 0 Å². The molecule has 1 aromatic rings. The molecule has 0 saturated carbocycles. The summed E-state index contributed by atoms with van der Waals surface area (Å²) in [7, 11) is 0. The molecule has 0 spiro atoms. The number of unbranched alkanes of at least 4 members (excludes halogenated alkanes) is 4. The molecule has 0 radical (unpaired) electrons. The molecule has 2 atom stereocenters. The van der Waals surface area contributed by atoms with Gasteiger partial charge in [0.25, 0.3) is 0 Å². The van der Waals surface area contributed by atoms with Gasteiger partial charge in [-0.2, -0.15) is 0 Å². The molecule has 0 amide bonds. The summed E-state index contributed by atoms with van der Waals surface area (Å²) < 4.78 is 0. The largest absolute Gasteiger partial charge is 0.599 e. The predicted octanol–water partition coefficient (Wildman–Crippen LogP) is 5.42. The van der Waals surface area contributed by atoms with Gasteiger partial charge in [-0.05, 0) is 49.5 Å². The Morgan fingerprint density at radius 3 is 2.45 bits per heavy atom. The lowest BCUT2D eigenvalue weighted by Gasteiger charge is -2.27. The Labute approximate surface area is 172 Å². The van der Waals surface area contributed by atoms with E-state index in [9.17, 15) is 20.4 Å². The normalized spacial score (nSPS) is 21.8. The van der Waals surface area contributed by atoms with Crippen LogP contribution in [-0.4, -0.2) is 26.7 Å². The van der Waals surface area contributed by atoms with E-state index in [1.165, 1.54) is 12.2 Å². The third kappa shape index (κ3) is 5.73. The lowest BCUT2D eigenvalue weighted by atomic mass is 9.87. The summed E-state index contributed by atoms with van der Waals surface area (Å²) in [6, 6.07) is 5.88. The summed E-state index contributed by atoms with van der Waals surface area (Å²) in [5.41, 5.74) is -0.744. The Hall–Kier alpha value is -2.54. The molecule has 1 aliphatic rings. The third-order valence-electron chi connectivity index (χ3n) is 5.24. The zero-order chi connectivity index (χ0) is 21.3. The van der Waals surface area contributed by atoms with Crippen molar-refractivity contribution in [2.24, 2.45) is 5.11 Å². The van der Waals surface area contributed by atoms with Crippen molar-refractivity contribution in [2.45, 2.75) is 77.0 Å². The fourth-order valence-corrected chi connectivity index (χ4v) is 3.54. The van der Waals surface area contributed by atoms with Crippen molar-refractivity contribution in [2.75, 3.05) is 0 Å². The van der Waals surface area contributed by atoms with Gasteiger partial charge in [0.1, 0.15) is 5.69 Å². The van der Waals surface area contributed by atoms with Gasteiger partial charge in [0.2, 0.25) is 0 Å². The summed E-state index contributed by atoms with van der Waals surface area (Å²) in [4.78, 5) is 11.2. The number of hydrogen-bond acceptors (Lipinski definition) is 5. The smallest absolute Gasteiger partial charge is 0.414 e. The van der Waals surface area contributed by atoms with E-state index in [1.807, 2.05) is 25.1 Å². The van der Waals surface area contributed by atoms with E-state index in [4.69, 9.17) is 0 Å². The van der Waals surface area contributed by atoms with E-state index in [0.717, 1.165) is 50.5 Å². The second-order valence-electron chi connectivity index (χ2n) is 7.49. The SMILES string of the molecule is CCCCCC1=CC=CC([N+]([O-])=Nc2cccc(CCCCC)c2)C1(O)[N+](=O)[O-]. The van der Waals surface area contributed by atoms with E-state index >= 15 is 0 Å².